The van der Waals surface area contributed by atoms with Crippen LogP contribution in [-0.4, -0.2) is 47.5 Å². The van der Waals surface area contributed by atoms with E-state index < -0.39 is 10.0 Å². The molecule has 1 saturated heterocycles. The van der Waals surface area contributed by atoms with Crippen molar-refractivity contribution < 1.29 is 13.2 Å². The highest BCUT2D eigenvalue weighted by atomic mass is 32.2. The summed E-state index contributed by atoms with van der Waals surface area (Å²) in [6.07, 6.45) is 4.67. The van der Waals surface area contributed by atoms with Crippen molar-refractivity contribution in [3.63, 3.8) is 0 Å². The molecule has 3 rings (SSSR count). The Balaban J connectivity index is 1.63. The number of imidazole rings is 1. The Morgan fingerprint density at radius 2 is 2.18 bits per heavy atom. The number of hydrogen-bond acceptors (Lipinski definition) is 4. The first-order chi connectivity index (χ1) is 10.4. The lowest BCUT2D eigenvalue weighted by Crippen LogP contribution is -2.29. The molecule has 0 saturated carbocycles. The second kappa shape index (κ2) is 5.69. The van der Waals surface area contributed by atoms with E-state index in [2.05, 4.69) is 4.98 Å². The number of fused-ring (bicyclic) bond motifs is 1. The van der Waals surface area contributed by atoms with Gasteiger partial charge in [0.1, 0.15) is 5.65 Å². The smallest absolute Gasteiger partial charge is 0.222 e. The Kier molecular flexibility index (Phi) is 3.88. The third kappa shape index (κ3) is 3.28. The van der Waals surface area contributed by atoms with Crippen LogP contribution >= 0.6 is 0 Å². The number of nitrogens with zero attached hydrogens (tertiary/aromatic N) is 3. The molecule has 1 aliphatic heterocycles. The Bertz CT molecular complexity index is 799. The number of sulfonamides is 1. The molecule has 1 amide bonds. The number of carbonyl (C=O) groups excluding carboxylic acids is 1. The first-order valence-electron chi connectivity index (χ1n) is 7.11. The van der Waals surface area contributed by atoms with Crippen LogP contribution in [0.25, 0.3) is 5.65 Å². The third-order valence-electron chi connectivity index (χ3n) is 3.89. The molecule has 0 bridgehead atoms. The topological polar surface area (TPSA) is 97.8 Å². The lowest BCUT2D eigenvalue weighted by Gasteiger charge is -2.16. The molecule has 22 heavy (non-hydrogen) atoms. The van der Waals surface area contributed by atoms with Crippen molar-refractivity contribution in [1.82, 2.24) is 14.3 Å². The molecular weight excluding hydrogens is 304 g/mol. The van der Waals surface area contributed by atoms with E-state index in [0.29, 0.717) is 19.5 Å². The first kappa shape index (κ1) is 15.0. The number of hydrogen-bond donors (Lipinski definition) is 1. The van der Waals surface area contributed by atoms with E-state index in [9.17, 15) is 13.2 Å². The third-order valence-corrected chi connectivity index (χ3v) is 4.83. The number of rotatable bonds is 5. The highest BCUT2D eigenvalue weighted by molar-refractivity contribution is 7.89. The van der Waals surface area contributed by atoms with Crippen LogP contribution in [0.5, 0.6) is 0 Å². The Labute approximate surface area is 128 Å². The van der Waals surface area contributed by atoms with E-state index in [4.69, 9.17) is 5.14 Å². The van der Waals surface area contributed by atoms with Gasteiger partial charge in [0.05, 0.1) is 5.75 Å². The van der Waals surface area contributed by atoms with Crippen LogP contribution in [0.3, 0.4) is 0 Å². The van der Waals surface area contributed by atoms with E-state index in [1.165, 1.54) is 0 Å². The zero-order valence-corrected chi connectivity index (χ0v) is 12.9. The Morgan fingerprint density at radius 1 is 1.36 bits per heavy atom. The van der Waals surface area contributed by atoms with E-state index in [1.807, 2.05) is 28.8 Å². The maximum absolute atomic E-state index is 12.0. The zero-order valence-electron chi connectivity index (χ0n) is 12.1. The number of likely N-dealkylation sites (tertiary alicyclic amines) is 1. The molecular formula is C14H18N4O3S. The molecule has 1 atom stereocenters. The fourth-order valence-electron chi connectivity index (χ4n) is 2.93. The van der Waals surface area contributed by atoms with Gasteiger partial charge in [-0.2, -0.15) is 0 Å². The van der Waals surface area contributed by atoms with Gasteiger partial charge in [0.25, 0.3) is 0 Å². The molecule has 2 aromatic heterocycles. The minimum absolute atomic E-state index is 0.0116. The number of aromatic nitrogens is 2. The van der Waals surface area contributed by atoms with Gasteiger partial charge in [-0.1, -0.05) is 6.07 Å². The number of pyridine rings is 1. The molecule has 0 aromatic carbocycles. The molecule has 1 unspecified atom stereocenters. The summed E-state index contributed by atoms with van der Waals surface area (Å²) in [5, 5.41) is 5.05. The molecule has 1 fully saturated rings. The first-order valence-corrected chi connectivity index (χ1v) is 8.83. The van der Waals surface area contributed by atoms with Crippen LogP contribution in [0, 0.1) is 5.92 Å². The van der Waals surface area contributed by atoms with Crippen LogP contribution in [0.2, 0.25) is 0 Å². The summed E-state index contributed by atoms with van der Waals surface area (Å²) in [7, 11) is -3.53. The van der Waals surface area contributed by atoms with Crippen molar-refractivity contribution in [1.29, 1.82) is 0 Å². The van der Waals surface area contributed by atoms with Crippen LogP contribution in [-0.2, 0) is 21.2 Å². The molecule has 0 aliphatic carbocycles. The van der Waals surface area contributed by atoms with Gasteiger partial charge in [-0.25, -0.2) is 18.5 Å². The molecule has 1 aliphatic rings. The summed E-state index contributed by atoms with van der Waals surface area (Å²) in [5.41, 5.74) is 1.90. The van der Waals surface area contributed by atoms with Crippen LogP contribution < -0.4 is 5.14 Å². The van der Waals surface area contributed by atoms with Crippen molar-refractivity contribution >= 4 is 21.6 Å². The molecule has 8 heteroatoms. The van der Waals surface area contributed by atoms with Crippen molar-refractivity contribution in [3.8, 4) is 0 Å². The van der Waals surface area contributed by atoms with Gasteiger partial charge >= 0.3 is 0 Å². The average molecular weight is 322 g/mol. The maximum Gasteiger partial charge on any atom is 0.222 e. The Morgan fingerprint density at radius 3 is 2.95 bits per heavy atom. The van der Waals surface area contributed by atoms with Crippen LogP contribution in [0.15, 0.2) is 30.6 Å². The summed E-state index contributed by atoms with van der Waals surface area (Å²) < 4.78 is 24.2. The predicted octanol–water partition coefficient (Wildman–Crippen LogP) is 0.0138. The van der Waals surface area contributed by atoms with E-state index in [1.54, 1.807) is 11.1 Å². The monoisotopic (exact) mass is 322 g/mol. The summed E-state index contributed by atoms with van der Waals surface area (Å²) in [5.74, 6) is -0.350. The minimum Gasteiger partial charge on any atom is -0.342 e. The maximum atomic E-state index is 12.0. The summed E-state index contributed by atoms with van der Waals surface area (Å²) in [6, 6.07) is 5.78. The number of primary sulfonamides is 1. The summed E-state index contributed by atoms with van der Waals surface area (Å²) in [6.45, 7) is 1.01. The molecule has 0 radical (unpaired) electrons. The lowest BCUT2D eigenvalue weighted by molar-refractivity contribution is -0.127. The second-order valence-electron chi connectivity index (χ2n) is 5.67. The van der Waals surface area contributed by atoms with Crippen molar-refractivity contribution in [2.24, 2.45) is 11.1 Å². The molecule has 2 aromatic rings. The van der Waals surface area contributed by atoms with Gasteiger partial charge in [-0.15, -0.1) is 0 Å². The zero-order chi connectivity index (χ0) is 15.7. The fraction of sp³-hybridized carbons (Fsp3) is 0.429. The standard InChI is InChI=1S/C14H18N4O3S/c15-22(20,21)10-11-7-14(19)17(9-11)6-4-12-8-16-13-3-1-2-5-18(12)13/h1-3,5,8,11H,4,6-7,9-10H2,(H2,15,20,21). The predicted molar refractivity (Wildman–Crippen MR) is 81.6 cm³/mol. The van der Waals surface area contributed by atoms with Gasteiger partial charge in [0, 0.05) is 49.9 Å². The van der Waals surface area contributed by atoms with E-state index >= 15 is 0 Å². The number of amides is 1. The number of carbonyl (C=O) groups is 1. The molecule has 0 spiro atoms. The Hall–Kier alpha value is -1.93. The largest absolute Gasteiger partial charge is 0.342 e. The summed E-state index contributed by atoms with van der Waals surface area (Å²) in [4.78, 5) is 18.0. The molecule has 118 valence electrons. The highest BCUT2D eigenvalue weighted by Crippen LogP contribution is 2.19. The lowest BCUT2D eigenvalue weighted by atomic mass is 10.1. The SMILES string of the molecule is NS(=O)(=O)CC1CC(=O)N(CCc2cnc3ccccn23)C1. The van der Waals surface area contributed by atoms with Gasteiger partial charge in [-0.3, -0.25) is 4.79 Å². The molecule has 7 nitrogen and oxygen atoms in total. The van der Waals surface area contributed by atoms with E-state index in [0.717, 1.165) is 11.3 Å². The second-order valence-corrected chi connectivity index (χ2v) is 7.33. The van der Waals surface area contributed by atoms with Crippen molar-refractivity contribution in [2.45, 2.75) is 12.8 Å². The molecule has 3 heterocycles. The normalized spacial score (nSPS) is 19.2. The average Bonchev–Trinajstić information content (AvgIpc) is 2.98. The van der Waals surface area contributed by atoms with Gasteiger partial charge in [0.2, 0.25) is 15.9 Å². The van der Waals surface area contributed by atoms with Crippen molar-refractivity contribution in [3.05, 3.63) is 36.3 Å². The van der Waals surface area contributed by atoms with Crippen molar-refractivity contribution in [2.75, 3.05) is 18.8 Å². The van der Waals surface area contributed by atoms with Crippen LogP contribution in [0.4, 0.5) is 0 Å². The molecule has 2 N–H and O–H groups in total. The van der Waals surface area contributed by atoms with Gasteiger partial charge < -0.3 is 9.30 Å². The quantitative estimate of drug-likeness (QED) is 0.838. The van der Waals surface area contributed by atoms with Crippen LogP contribution in [0.1, 0.15) is 12.1 Å². The minimum atomic E-state index is -3.53. The van der Waals surface area contributed by atoms with Gasteiger partial charge in [-0.05, 0) is 12.1 Å². The fourth-order valence-corrected chi connectivity index (χ4v) is 3.81. The van der Waals surface area contributed by atoms with Gasteiger partial charge in [0.15, 0.2) is 0 Å². The highest BCUT2D eigenvalue weighted by Gasteiger charge is 2.31. The number of nitrogens with two attached hydrogens (primary N) is 1. The van der Waals surface area contributed by atoms with E-state index in [-0.39, 0.29) is 24.0 Å². The summed E-state index contributed by atoms with van der Waals surface area (Å²) >= 11 is 0.